The molecule has 1 aromatic heterocycles. The summed E-state index contributed by atoms with van der Waals surface area (Å²) in [4.78, 5) is 20.3. The molecule has 1 fully saturated rings. The molecule has 1 unspecified atom stereocenters. The summed E-state index contributed by atoms with van der Waals surface area (Å²) in [5.41, 5.74) is 0.572. The molecule has 0 saturated carbocycles. The zero-order valence-corrected chi connectivity index (χ0v) is 17.2. The molecule has 0 radical (unpaired) electrons. The summed E-state index contributed by atoms with van der Waals surface area (Å²) < 4.78 is 19.8. The maximum absolute atomic E-state index is 14.3. The van der Waals surface area contributed by atoms with Crippen LogP contribution in [0.3, 0.4) is 0 Å². The predicted molar refractivity (Wildman–Crippen MR) is 112 cm³/mol. The van der Waals surface area contributed by atoms with Crippen molar-refractivity contribution in [1.29, 1.82) is 5.26 Å². The third kappa shape index (κ3) is 5.43. The molecule has 1 aliphatic rings. The number of amides is 1. The van der Waals surface area contributed by atoms with Crippen molar-refractivity contribution in [2.45, 2.75) is 19.9 Å². The first-order chi connectivity index (χ1) is 14.5. The van der Waals surface area contributed by atoms with Gasteiger partial charge in [0.05, 0.1) is 12.3 Å². The van der Waals surface area contributed by atoms with Crippen LogP contribution in [0.1, 0.15) is 19.4 Å². The second kappa shape index (κ2) is 9.99. The number of benzene rings is 1. The number of nitrogens with zero attached hydrogens (tertiary/aromatic N) is 4. The summed E-state index contributed by atoms with van der Waals surface area (Å²) in [5, 5.41) is 9.33. The number of hydrogen-bond acceptors (Lipinski definition) is 5. The van der Waals surface area contributed by atoms with E-state index in [0.717, 1.165) is 0 Å². The highest BCUT2D eigenvalue weighted by Crippen LogP contribution is 2.25. The maximum Gasteiger partial charge on any atom is 0.246 e. The van der Waals surface area contributed by atoms with Gasteiger partial charge in [0.2, 0.25) is 5.91 Å². The molecule has 7 heteroatoms. The summed E-state index contributed by atoms with van der Waals surface area (Å²) in [6, 6.07) is 10.2. The SMILES string of the molecule is CC(C)C(C#N)N1CCN(C(=O)/C=C/c2ccc(Oc3cccnc3)c(F)c2)CC1. The summed E-state index contributed by atoms with van der Waals surface area (Å²) in [6.45, 7) is 6.54. The van der Waals surface area contributed by atoms with Crippen molar-refractivity contribution >= 4 is 12.0 Å². The molecule has 30 heavy (non-hydrogen) atoms. The van der Waals surface area contributed by atoms with Crippen LogP contribution in [0, 0.1) is 23.1 Å². The molecule has 1 aliphatic heterocycles. The lowest BCUT2D eigenvalue weighted by Crippen LogP contribution is -2.52. The van der Waals surface area contributed by atoms with Crippen LogP contribution in [-0.4, -0.2) is 52.9 Å². The van der Waals surface area contributed by atoms with Crippen LogP contribution >= 0.6 is 0 Å². The van der Waals surface area contributed by atoms with Crippen LogP contribution in [0.4, 0.5) is 4.39 Å². The zero-order chi connectivity index (χ0) is 21.5. The molecule has 1 aromatic carbocycles. The Kier molecular flexibility index (Phi) is 7.15. The van der Waals surface area contributed by atoms with Crippen LogP contribution < -0.4 is 4.74 Å². The second-order valence-corrected chi connectivity index (χ2v) is 7.49. The molecular weight excluding hydrogens is 383 g/mol. The van der Waals surface area contributed by atoms with Gasteiger partial charge in [-0.3, -0.25) is 14.7 Å². The number of piperazine rings is 1. The number of halogens is 1. The van der Waals surface area contributed by atoms with Crippen LogP contribution in [0.5, 0.6) is 11.5 Å². The first kappa shape index (κ1) is 21.5. The Morgan fingerprint density at radius 2 is 2.03 bits per heavy atom. The Morgan fingerprint density at radius 3 is 2.63 bits per heavy atom. The fraction of sp³-hybridized carbons (Fsp3) is 0.348. The van der Waals surface area contributed by atoms with Crippen LogP contribution in [0.2, 0.25) is 0 Å². The minimum atomic E-state index is -0.515. The third-order valence-electron chi connectivity index (χ3n) is 5.02. The number of rotatable bonds is 6. The van der Waals surface area contributed by atoms with Gasteiger partial charge in [0.1, 0.15) is 11.8 Å². The monoisotopic (exact) mass is 408 g/mol. The molecule has 2 heterocycles. The number of hydrogen-bond donors (Lipinski definition) is 0. The molecule has 2 aromatic rings. The highest BCUT2D eigenvalue weighted by molar-refractivity contribution is 5.91. The van der Waals surface area contributed by atoms with Crippen LogP contribution in [-0.2, 0) is 4.79 Å². The van der Waals surface area contributed by atoms with Gasteiger partial charge in [0, 0.05) is 38.5 Å². The molecule has 156 valence electrons. The molecule has 0 bridgehead atoms. The molecule has 1 saturated heterocycles. The van der Waals surface area contributed by atoms with Gasteiger partial charge in [-0.25, -0.2) is 4.39 Å². The Morgan fingerprint density at radius 1 is 1.27 bits per heavy atom. The van der Waals surface area contributed by atoms with E-state index in [1.54, 1.807) is 35.4 Å². The average molecular weight is 408 g/mol. The number of carbonyl (C=O) groups is 1. The van der Waals surface area contributed by atoms with Crippen molar-refractivity contribution in [3.05, 3.63) is 60.2 Å². The third-order valence-corrected chi connectivity index (χ3v) is 5.02. The van der Waals surface area contributed by atoms with Gasteiger partial charge in [0.15, 0.2) is 11.6 Å². The van der Waals surface area contributed by atoms with E-state index in [1.807, 2.05) is 13.8 Å². The summed E-state index contributed by atoms with van der Waals surface area (Å²) in [7, 11) is 0. The van der Waals surface area contributed by atoms with E-state index < -0.39 is 5.82 Å². The van der Waals surface area contributed by atoms with Gasteiger partial charge in [0.25, 0.3) is 0 Å². The van der Waals surface area contributed by atoms with Crippen molar-refractivity contribution in [1.82, 2.24) is 14.8 Å². The van der Waals surface area contributed by atoms with Crippen molar-refractivity contribution in [3.8, 4) is 17.6 Å². The number of nitriles is 1. The van der Waals surface area contributed by atoms with E-state index in [0.29, 0.717) is 37.5 Å². The highest BCUT2D eigenvalue weighted by atomic mass is 19.1. The average Bonchev–Trinajstić information content (AvgIpc) is 2.75. The lowest BCUT2D eigenvalue weighted by atomic mass is 10.0. The Bertz CT molecular complexity index is 932. The number of carbonyl (C=O) groups excluding carboxylic acids is 1. The van der Waals surface area contributed by atoms with Crippen molar-refractivity contribution < 1.29 is 13.9 Å². The maximum atomic E-state index is 14.3. The lowest BCUT2D eigenvalue weighted by molar-refractivity contribution is -0.127. The molecule has 0 aliphatic carbocycles. The smallest absolute Gasteiger partial charge is 0.246 e. The molecule has 1 atom stereocenters. The van der Waals surface area contributed by atoms with E-state index in [2.05, 4.69) is 16.0 Å². The van der Waals surface area contributed by atoms with Gasteiger partial charge >= 0.3 is 0 Å². The molecule has 0 spiro atoms. The van der Waals surface area contributed by atoms with E-state index in [9.17, 15) is 14.4 Å². The number of aromatic nitrogens is 1. The van der Waals surface area contributed by atoms with Gasteiger partial charge in [-0.05, 0) is 41.8 Å². The highest BCUT2D eigenvalue weighted by Gasteiger charge is 2.26. The quantitative estimate of drug-likeness (QED) is 0.682. The molecule has 1 amide bonds. The van der Waals surface area contributed by atoms with E-state index in [-0.39, 0.29) is 23.6 Å². The number of pyridine rings is 1. The molecule has 6 nitrogen and oxygen atoms in total. The summed E-state index contributed by atoms with van der Waals surface area (Å²) in [5.74, 6) is 0.157. The summed E-state index contributed by atoms with van der Waals surface area (Å²) in [6.07, 6.45) is 6.17. The fourth-order valence-electron chi connectivity index (χ4n) is 3.38. The largest absolute Gasteiger partial charge is 0.453 e. The van der Waals surface area contributed by atoms with E-state index in [4.69, 9.17) is 4.74 Å². The van der Waals surface area contributed by atoms with Gasteiger partial charge in [-0.1, -0.05) is 19.9 Å². The Labute approximate surface area is 176 Å². The lowest BCUT2D eigenvalue weighted by Gasteiger charge is -2.37. The fourth-order valence-corrected chi connectivity index (χ4v) is 3.38. The normalized spacial score (nSPS) is 15.9. The molecule has 0 N–H and O–H groups in total. The van der Waals surface area contributed by atoms with Crippen molar-refractivity contribution in [3.63, 3.8) is 0 Å². The van der Waals surface area contributed by atoms with E-state index >= 15 is 0 Å². The predicted octanol–water partition coefficient (Wildman–Crippen LogP) is 3.72. The van der Waals surface area contributed by atoms with Gasteiger partial charge in [-0.15, -0.1) is 0 Å². The molecule has 3 rings (SSSR count). The second-order valence-electron chi connectivity index (χ2n) is 7.49. The van der Waals surface area contributed by atoms with Gasteiger partial charge in [-0.2, -0.15) is 5.26 Å². The van der Waals surface area contributed by atoms with Crippen molar-refractivity contribution in [2.75, 3.05) is 26.2 Å². The first-order valence-electron chi connectivity index (χ1n) is 9.96. The minimum Gasteiger partial charge on any atom is -0.453 e. The first-order valence-corrected chi connectivity index (χ1v) is 9.96. The Hall–Kier alpha value is -3.24. The van der Waals surface area contributed by atoms with Gasteiger partial charge < -0.3 is 9.64 Å². The van der Waals surface area contributed by atoms with Crippen LogP contribution in [0.25, 0.3) is 6.08 Å². The Balaban J connectivity index is 1.56. The number of ether oxygens (including phenoxy) is 1. The van der Waals surface area contributed by atoms with Crippen molar-refractivity contribution in [2.24, 2.45) is 5.92 Å². The standard InChI is InChI=1S/C23H25FN4O2/c1-17(2)21(15-25)27-10-12-28(13-11-27)23(29)8-6-18-5-7-22(20(24)14-18)30-19-4-3-9-26-16-19/h3-9,14,16-17,21H,10-13H2,1-2H3/b8-6+. The topological polar surface area (TPSA) is 69.5 Å². The summed E-state index contributed by atoms with van der Waals surface area (Å²) >= 11 is 0. The zero-order valence-electron chi connectivity index (χ0n) is 17.2. The van der Waals surface area contributed by atoms with Crippen LogP contribution in [0.15, 0.2) is 48.8 Å². The molecular formula is C23H25FN4O2. The van der Waals surface area contributed by atoms with E-state index in [1.165, 1.54) is 24.4 Å². The minimum absolute atomic E-state index is 0.0970.